The standard InChI is InChI=1S/C20H22N4O3/c1-14-8-10-24(11-9-14)16-6-4-15(5-7-16)19-22-18(27-23-19)13-21-20(25)17-3-2-12-26-17/h2-7,12,14H,8-11,13H2,1H3,(H,21,25). The number of nitrogens with zero attached hydrogens (tertiary/aromatic N) is 3. The zero-order valence-corrected chi connectivity index (χ0v) is 15.2. The number of rotatable bonds is 5. The molecule has 1 N–H and O–H groups in total. The normalized spacial score (nSPS) is 15.1. The van der Waals surface area contributed by atoms with Crippen molar-refractivity contribution in [1.82, 2.24) is 15.5 Å². The molecule has 0 aliphatic carbocycles. The van der Waals surface area contributed by atoms with E-state index in [0.717, 1.165) is 24.6 Å². The maximum atomic E-state index is 11.9. The van der Waals surface area contributed by atoms with E-state index in [4.69, 9.17) is 8.94 Å². The van der Waals surface area contributed by atoms with Crippen LogP contribution in [0.15, 0.2) is 51.6 Å². The molecule has 0 saturated carbocycles. The first-order valence-corrected chi connectivity index (χ1v) is 9.19. The summed E-state index contributed by atoms with van der Waals surface area (Å²) in [6.07, 6.45) is 3.92. The average Bonchev–Trinajstić information content (AvgIpc) is 3.39. The first-order valence-electron chi connectivity index (χ1n) is 9.19. The van der Waals surface area contributed by atoms with Crippen LogP contribution < -0.4 is 10.2 Å². The van der Waals surface area contributed by atoms with Gasteiger partial charge in [0.2, 0.25) is 11.7 Å². The number of nitrogens with one attached hydrogen (secondary N) is 1. The van der Waals surface area contributed by atoms with Gasteiger partial charge < -0.3 is 19.2 Å². The molecule has 3 aromatic rings. The highest BCUT2D eigenvalue weighted by molar-refractivity contribution is 5.91. The van der Waals surface area contributed by atoms with E-state index in [-0.39, 0.29) is 18.2 Å². The quantitative estimate of drug-likeness (QED) is 0.744. The Morgan fingerprint density at radius 1 is 1.22 bits per heavy atom. The van der Waals surface area contributed by atoms with Crippen LogP contribution in [0.2, 0.25) is 0 Å². The summed E-state index contributed by atoms with van der Waals surface area (Å²) in [5.74, 6) is 1.60. The Hall–Kier alpha value is -3.09. The van der Waals surface area contributed by atoms with Gasteiger partial charge in [-0.3, -0.25) is 4.79 Å². The number of piperidine rings is 1. The summed E-state index contributed by atoms with van der Waals surface area (Å²) in [4.78, 5) is 18.6. The molecule has 0 bridgehead atoms. The van der Waals surface area contributed by atoms with E-state index < -0.39 is 0 Å². The van der Waals surface area contributed by atoms with Crippen LogP contribution in [0.4, 0.5) is 5.69 Å². The Kier molecular flexibility index (Phi) is 4.91. The molecule has 1 aliphatic rings. The number of hydrogen-bond acceptors (Lipinski definition) is 6. The molecule has 1 amide bonds. The second-order valence-corrected chi connectivity index (χ2v) is 6.89. The van der Waals surface area contributed by atoms with Gasteiger partial charge in [-0.15, -0.1) is 0 Å². The third-order valence-corrected chi connectivity index (χ3v) is 4.89. The minimum atomic E-state index is -0.319. The molecule has 140 valence electrons. The summed E-state index contributed by atoms with van der Waals surface area (Å²) < 4.78 is 10.3. The molecule has 7 nitrogen and oxygen atoms in total. The third kappa shape index (κ3) is 4.02. The average molecular weight is 366 g/mol. The van der Waals surface area contributed by atoms with Gasteiger partial charge in [0.1, 0.15) is 0 Å². The molecule has 7 heteroatoms. The Labute approximate surface area is 157 Å². The van der Waals surface area contributed by atoms with Gasteiger partial charge in [0.05, 0.1) is 12.8 Å². The van der Waals surface area contributed by atoms with E-state index in [1.54, 1.807) is 12.1 Å². The molecule has 1 aromatic carbocycles. The van der Waals surface area contributed by atoms with Crippen molar-refractivity contribution < 1.29 is 13.7 Å². The summed E-state index contributed by atoms with van der Waals surface area (Å²) in [7, 11) is 0. The minimum Gasteiger partial charge on any atom is -0.459 e. The van der Waals surface area contributed by atoms with Crippen molar-refractivity contribution in [2.45, 2.75) is 26.3 Å². The number of anilines is 1. The highest BCUT2D eigenvalue weighted by Gasteiger charge is 2.17. The molecular formula is C20H22N4O3. The van der Waals surface area contributed by atoms with Crippen LogP contribution in [0.1, 0.15) is 36.2 Å². The lowest BCUT2D eigenvalue weighted by Gasteiger charge is -2.32. The second-order valence-electron chi connectivity index (χ2n) is 6.89. The maximum absolute atomic E-state index is 11.9. The van der Waals surface area contributed by atoms with Crippen molar-refractivity contribution in [3.63, 3.8) is 0 Å². The van der Waals surface area contributed by atoms with Gasteiger partial charge in [-0.25, -0.2) is 0 Å². The monoisotopic (exact) mass is 366 g/mol. The Balaban J connectivity index is 1.37. The minimum absolute atomic E-state index is 0.149. The molecular weight excluding hydrogens is 344 g/mol. The van der Waals surface area contributed by atoms with Gasteiger partial charge in [0.25, 0.3) is 5.91 Å². The van der Waals surface area contributed by atoms with E-state index in [0.29, 0.717) is 11.7 Å². The van der Waals surface area contributed by atoms with Crippen molar-refractivity contribution in [2.24, 2.45) is 5.92 Å². The Bertz CT molecular complexity index is 878. The van der Waals surface area contributed by atoms with Crippen molar-refractivity contribution in [3.8, 4) is 11.4 Å². The summed E-state index contributed by atoms with van der Waals surface area (Å²) >= 11 is 0. The van der Waals surface area contributed by atoms with Gasteiger partial charge in [-0.05, 0) is 55.2 Å². The zero-order valence-electron chi connectivity index (χ0n) is 15.2. The summed E-state index contributed by atoms with van der Waals surface area (Å²) in [6, 6.07) is 11.5. The van der Waals surface area contributed by atoms with E-state index in [9.17, 15) is 4.79 Å². The molecule has 27 heavy (non-hydrogen) atoms. The van der Waals surface area contributed by atoms with Crippen LogP contribution in [0.25, 0.3) is 11.4 Å². The van der Waals surface area contributed by atoms with Gasteiger partial charge in [0, 0.05) is 24.3 Å². The van der Waals surface area contributed by atoms with Crippen molar-refractivity contribution in [3.05, 3.63) is 54.3 Å². The molecule has 1 aliphatic heterocycles. The molecule has 0 spiro atoms. The van der Waals surface area contributed by atoms with Crippen molar-refractivity contribution in [2.75, 3.05) is 18.0 Å². The molecule has 1 fully saturated rings. The lowest BCUT2D eigenvalue weighted by atomic mass is 9.98. The fraction of sp³-hybridized carbons (Fsp3) is 0.350. The Morgan fingerprint density at radius 3 is 2.70 bits per heavy atom. The van der Waals surface area contributed by atoms with Gasteiger partial charge >= 0.3 is 0 Å². The highest BCUT2D eigenvalue weighted by atomic mass is 16.5. The molecule has 0 radical (unpaired) electrons. The van der Waals surface area contributed by atoms with E-state index in [1.807, 2.05) is 12.1 Å². The summed E-state index contributed by atoms with van der Waals surface area (Å²) in [5.41, 5.74) is 2.11. The number of aromatic nitrogens is 2. The largest absolute Gasteiger partial charge is 0.459 e. The number of benzene rings is 1. The maximum Gasteiger partial charge on any atom is 0.287 e. The third-order valence-electron chi connectivity index (χ3n) is 4.89. The summed E-state index contributed by atoms with van der Waals surface area (Å²) in [5, 5.41) is 6.69. The van der Waals surface area contributed by atoms with Crippen LogP contribution in [-0.2, 0) is 6.54 Å². The van der Waals surface area contributed by atoms with Crippen LogP contribution in [0.5, 0.6) is 0 Å². The molecule has 2 aromatic heterocycles. The molecule has 4 rings (SSSR count). The molecule has 1 saturated heterocycles. The predicted octanol–water partition coefficient (Wildman–Crippen LogP) is 3.50. The topological polar surface area (TPSA) is 84.4 Å². The van der Waals surface area contributed by atoms with E-state index in [1.165, 1.54) is 24.8 Å². The molecule has 3 heterocycles. The smallest absolute Gasteiger partial charge is 0.287 e. The lowest BCUT2D eigenvalue weighted by molar-refractivity contribution is 0.0918. The van der Waals surface area contributed by atoms with Crippen LogP contribution in [0.3, 0.4) is 0 Å². The fourth-order valence-electron chi connectivity index (χ4n) is 3.18. The molecule has 0 unspecified atom stereocenters. The number of furan rings is 1. The second kappa shape index (κ2) is 7.65. The highest BCUT2D eigenvalue weighted by Crippen LogP contribution is 2.25. The lowest BCUT2D eigenvalue weighted by Crippen LogP contribution is -2.32. The van der Waals surface area contributed by atoms with Crippen LogP contribution >= 0.6 is 0 Å². The van der Waals surface area contributed by atoms with Crippen LogP contribution in [-0.4, -0.2) is 29.1 Å². The molecule has 0 atom stereocenters. The number of carbonyl (C=O) groups excluding carboxylic acids is 1. The SMILES string of the molecule is CC1CCN(c2ccc(-c3noc(CNC(=O)c4ccco4)n3)cc2)CC1. The van der Waals surface area contributed by atoms with Crippen LogP contribution in [0, 0.1) is 5.92 Å². The Morgan fingerprint density at radius 2 is 2.00 bits per heavy atom. The first-order chi connectivity index (χ1) is 13.2. The van der Waals surface area contributed by atoms with Crippen molar-refractivity contribution >= 4 is 11.6 Å². The van der Waals surface area contributed by atoms with Gasteiger partial charge in [-0.1, -0.05) is 12.1 Å². The van der Waals surface area contributed by atoms with Gasteiger partial charge in [-0.2, -0.15) is 4.98 Å². The number of carbonyl (C=O) groups is 1. The van der Waals surface area contributed by atoms with Crippen molar-refractivity contribution in [1.29, 1.82) is 0 Å². The summed E-state index contributed by atoms with van der Waals surface area (Å²) in [6.45, 7) is 4.66. The number of amides is 1. The van der Waals surface area contributed by atoms with E-state index >= 15 is 0 Å². The van der Waals surface area contributed by atoms with Gasteiger partial charge in [0.15, 0.2) is 5.76 Å². The number of hydrogen-bond donors (Lipinski definition) is 1. The zero-order chi connectivity index (χ0) is 18.6. The van der Waals surface area contributed by atoms with E-state index in [2.05, 4.69) is 39.4 Å². The fourth-order valence-corrected chi connectivity index (χ4v) is 3.18. The predicted molar refractivity (Wildman–Crippen MR) is 100 cm³/mol. The first kappa shape index (κ1) is 17.3.